The summed E-state index contributed by atoms with van der Waals surface area (Å²) in [6, 6.07) is 15.6. The van der Waals surface area contributed by atoms with Crippen LogP contribution in [0.5, 0.6) is 5.75 Å². The molecular formula is C17H13ClN2O2. The molecule has 0 atom stereocenters. The van der Waals surface area contributed by atoms with Crippen molar-refractivity contribution in [3.8, 4) is 22.6 Å². The summed E-state index contributed by atoms with van der Waals surface area (Å²) < 4.78 is 6.76. The summed E-state index contributed by atoms with van der Waals surface area (Å²) in [5.41, 5.74) is 3.29. The molecule has 0 fully saturated rings. The lowest BCUT2D eigenvalue weighted by atomic mass is 10.1. The van der Waals surface area contributed by atoms with E-state index in [1.54, 1.807) is 7.11 Å². The molecule has 0 amide bonds. The van der Waals surface area contributed by atoms with Crippen LogP contribution < -0.4 is 4.74 Å². The number of aromatic nitrogens is 2. The molecule has 1 heterocycles. The summed E-state index contributed by atoms with van der Waals surface area (Å²) in [4.78, 5) is 10.8. The van der Waals surface area contributed by atoms with Gasteiger partial charge >= 0.3 is 0 Å². The molecule has 2 aromatic carbocycles. The minimum absolute atomic E-state index is 0.309. The molecule has 0 aliphatic carbocycles. The van der Waals surface area contributed by atoms with E-state index in [2.05, 4.69) is 5.10 Å². The Morgan fingerprint density at radius 1 is 1.14 bits per heavy atom. The fourth-order valence-corrected chi connectivity index (χ4v) is 2.44. The Labute approximate surface area is 132 Å². The molecule has 3 rings (SSSR count). The van der Waals surface area contributed by atoms with Gasteiger partial charge in [-0.05, 0) is 35.4 Å². The second-order valence-corrected chi connectivity index (χ2v) is 5.06. The summed E-state index contributed by atoms with van der Waals surface area (Å²) in [5, 5.41) is 4.43. The van der Waals surface area contributed by atoms with Crippen LogP contribution in [0.1, 0.15) is 10.4 Å². The minimum atomic E-state index is 0.309. The van der Waals surface area contributed by atoms with E-state index in [1.807, 2.05) is 48.5 Å². The number of ether oxygens (including phenoxy) is 1. The fraction of sp³-hybridized carbons (Fsp3) is 0.0588. The summed E-state index contributed by atoms with van der Waals surface area (Å²) >= 11 is 6.11. The molecule has 0 saturated heterocycles. The zero-order chi connectivity index (χ0) is 15.5. The van der Waals surface area contributed by atoms with Gasteiger partial charge < -0.3 is 4.74 Å². The van der Waals surface area contributed by atoms with Crippen molar-refractivity contribution in [3.63, 3.8) is 0 Å². The number of benzene rings is 2. The van der Waals surface area contributed by atoms with E-state index in [4.69, 9.17) is 16.3 Å². The Hall–Kier alpha value is -2.59. The molecule has 0 aliphatic heterocycles. The highest BCUT2D eigenvalue weighted by Crippen LogP contribution is 2.26. The lowest BCUT2D eigenvalue weighted by Crippen LogP contribution is -1.96. The predicted molar refractivity (Wildman–Crippen MR) is 85.9 cm³/mol. The molecule has 0 radical (unpaired) electrons. The standard InChI is InChI=1S/C17H13ClN2O2/c1-22-16-4-2-3-13(9-16)12-5-7-15(8-6-12)20-17(18)14(11-21)10-19-20/h2-11H,1H3. The smallest absolute Gasteiger partial charge is 0.154 e. The number of halogens is 1. The SMILES string of the molecule is COc1cccc(-c2ccc(-n3ncc(C=O)c3Cl)cc2)c1. The molecule has 1 aromatic heterocycles. The molecular weight excluding hydrogens is 300 g/mol. The molecule has 0 N–H and O–H groups in total. The number of rotatable bonds is 4. The number of aldehydes is 1. The first-order valence-electron chi connectivity index (χ1n) is 6.66. The Morgan fingerprint density at radius 2 is 1.91 bits per heavy atom. The largest absolute Gasteiger partial charge is 0.497 e. The van der Waals surface area contributed by atoms with Gasteiger partial charge in [-0.25, -0.2) is 4.68 Å². The van der Waals surface area contributed by atoms with E-state index >= 15 is 0 Å². The zero-order valence-corrected chi connectivity index (χ0v) is 12.6. The van der Waals surface area contributed by atoms with Crippen LogP contribution >= 0.6 is 11.6 Å². The number of carbonyl (C=O) groups excluding carboxylic acids is 1. The third kappa shape index (κ3) is 2.61. The van der Waals surface area contributed by atoms with Crippen molar-refractivity contribution in [1.29, 1.82) is 0 Å². The molecule has 0 spiro atoms. The molecule has 22 heavy (non-hydrogen) atoms. The number of hydrogen-bond donors (Lipinski definition) is 0. The van der Waals surface area contributed by atoms with Crippen molar-refractivity contribution >= 4 is 17.9 Å². The molecule has 110 valence electrons. The van der Waals surface area contributed by atoms with Gasteiger partial charge in [0, 0.05) is 0 Å². The Bertz CT molecular complexity index is 810. The molecule has 0 unspecified atom stereocenters. The van der Waals surface area contributed by atoms with Gasteiger partial charge in [-0.2, -0.15) is 5.10 Å². The quantitative estimate of drug-likeness (QED) is 0.684. The van der Waals surface area contributed by atoms with Crippen LogP contribution in [0.15, 0.2) is 54.7 Å². The lowest BCUT2D eigenvalue weighted by Gasteiger charge is -2.07. The molecule has 0 saturated carbocycles. The maximum atomic E-state index is 10.8. The van der Waals surface area contributed by atoms with Gasteiger partial charge in [-0.15, -0.1) is 0 Å². The highest BCUT2D eigenvalue weighted by atomic mass is 35.5. The monoisotopic (exact) mass is 312 g/mol. The highest BCUT2D eigenvalue weighted by molar-refractivity contribution is 6.32. The maximum absolute atomic E-state index is 10.8. The van der Waals surface area contributed by atoms with Crippen molar-refractivity contribution in [2.24, 2.45) is 0 Å². The zero-order valence-electron chi connectivity index (χ0n) is 11.9. The Morgan fingerprint density at radius 3 is 2.55 bits per heavy atom. The van der Waals surface area contributed by atoms with Gasteiger partial charge in [-0.3, -0.25) is 4.79 Å². The van der Waals surface area contributed by atoms with Crippen LogP contribution in [0.25, 0.3) is 16.8 Å². The lowest BCUT2D eigenvalue weighted by molar-refractivity contribution is 0.112. The second kappa shape index (κ2) is 6.03. The molecule has 0 bridgehead atoms. The van der Waals surface area contributed by atoms with E-state index < -0.39 is 0 Å². The minimum Gasteiger partial charge on any atom is -0.497 e. The van der Waals surface area contributed by atoms with Gasteiger partial charge in [0.1, 0.15) is 10.9 Å². The first kappa shape index (κ1) is 14.4. The average molecular weight is 313 g/mol. The van der Waals surface area contributed by atoms with Crippen LogP contribution in [-0.2, 0) is 0 Å². The van der Waals surface area contributed by atoms with Gasteiger partial charge in [-0.1, -0.05) is 35.9 Å². The normalized spacial score (nSPS) is 10.5. The Balaban J connectivity index is 1.95. The van der Waals surface area contributed by atoms with Crippen molar-refractivity contribution in [2.45, 2.75) is 0 Å². The number of nitrogens with zero attached hydrogens (tertiary/aromatic N) is 2. The summed E-state index contributed by atoms with van der Waals surface area (Å²) in [7, 11) is 1.65. The van der Waals surface area contributed by atoms with Crippen molar-refractivity contribution < 1.29 is 9.53 Å². The number of hydrogen-bond acceptors (Lipinski definition) is 3. The summed E-state index contributed by atoms with van der Waals surface area (Å²) in [6.45, 7) is 0. The third-order valence-corrected chi connectivity index (χ3v) is 3.76. The average Bonchev–Trinajstić information content (AvgIpc) is 2.96. The first-order valence-corrected chi connectivity index (χ1v) is 7.04. The first-order chi connectivity index (χ1) is 10.7. The maximum Gasteiger partial charge on any atom is 0.154 e. The van der Waals surface area contributed by atoms with Crippen molar-refractivity contribution in [1.82, 2.24) is 9.78 Å². The van der Waals surface area contributed by atoms with E-state index in [1.165, 1.54) is 10.9 Å². The molecule has 4 nitrogen and oxygen atoms in total. The van der Waals surface area contributed by atoms with E-state index in [9.17, 15) is 4.79 Å². The summed E-state index contributed by atoms with van der Waals surface area (Å²) in [5.74, 6) is 0.812. The van der Waals surface area contributed by atoms with Gasteiger partial charge in [0.15, 0.2) is 6.29 Å². The number of carbonyl (C=O) groups is 1. The predicted octanol–water partition coefficient (Wildman–Crippen LogP) is 4.01. The third-order valence-electron chi connectivity index (χ3n) is 3.38. The van der Waals surface area contributed by atoms with Crippen LogP contribution in [0.3, 0.4) is 0 Å². The van der Waals surface area contributed by atoms with Gasteiger partial charge in [0.05, 0.1) is 24.6 Å². The van der Waals surface area contributed by atoms with Crippen molar-refractivity contribution in [3.05, 3.63) is 65.4 Å². The topological polar surface area (TPSA) is 44.1 Å². The van der Waals surface area contributed by atoms with Crippen LogP contribution in [-0.4, -0.2) is 23.2 Å². The van der Waals surface area contributed by atoms with Crippen LogP contribution in [0.4, 0.5) is 0 Å². The van der Waals surface area contributed by atoms with E-state index in [0.717, 1.165) is 22.6 Å². The van der Waals surface area contributed by atoms with Gasteiger partial charge in [0.25, 0.3) is 0 Å². The summed E-state index contributed by atoms with van der Waals surface area (Å²) in [6.07, 6.45) is 2.14. The molecule has 3 aromatic rings. The number of methoxy groups -OCH3 is 1. The highest BCUT2D eigenvalue weighted by Gasteiger charge is 2.09. The Kier molecular flexibility index (Phi) is 3.94. The van der Waals surface area contributed by atoms with E-state index in [-0.39, 0.29) is 0 Å². The second-order valence-electron chi connectivity index (χ2n) is 4.70. The fourth-order valence-electron chi connectivity index (χ4n) is 2.20. The van der Waals surface area contributed by atoms with Crippen molar-refractivity contribution in [2.75, 3.05) is 7.11 Å². The van der Waals surface area contributed by atoms with Crippen LogP contribution in [0, 0.1) is 0 Å². The van der Waals surface area contributed by atoms with E-state index in [0.29, 0.717) is 17.0 Å². The van der Waals surface area contributed by atoms with Gasteiger partial charge in [0.2, 0.25) is 0 Å². The van der Waals surface area contributed by atoms with Crippen LogP contribution in [0.2, 0.25) is 5.15 Å². The molecule has 5 heteroatoms. The molecule has 0 aliphatic rings.